The van der Waals surface area contributed by atoms with Gasteiger partial charge in [-0.2, -0.15) is 4.98 Å². The molecule has 9 heteroatoms. The predicted octanol–water partition coefficient (Wildman–Crippen LogP) is 3.89. The van der Waals surface area contributed by atoms with E-state index in [4.69, 9.17) is 4.74 Å². The first-order valence-electron chi connectivity index (χ1n) is 8.45. The van der Waals surface area contributed by atoms with Crippen molar-refractivity contribution in [1.29, 1.82) is 0 Å². The molecule has 0 amide bonds. The average Bonchev–Trinajstić information content (AvgIpc) is 2.61. The topological polar surface area (TPSA) is 89.3 Å². The second-order valence-electron chi connectivity index (χ2n) is 6.90. The second-order valence-corrected chi connectivity index (χ2v) is 6.90. The molecule has 0 unspecified atom stereocenters. The van der Waals surface area contributed by atoms with Crippen molar-refractivity contribution in [3.05, 3.63) is 52.7 Å². The van der Waals surface area contributed by atoms with Gasteiger partial charge < -0.3 is 15.2 Å². The molecule has 29 heavy (non-hydrogen) atoms. The van der Waals surface area contributed by atoms with Gasteiger partial charge >= 0.3 is 0 Å². The summed E-state index contributed by atoms with van der Waals surface area (Å²) in [7, 11) is 1.55. The van der Waals surface area contributed by atoms with E-state index < -0.39 is 17.0 Å². The highest BCUT2D eigenvalue weighted by Crippen LogP contribution is 2.24. The van der Waals surface area contributed by atoms with Crippen LogP contribution in [0.5, 0.6) is 11.5 Å². The highest BCUT2D eigenvalue weighted by Gasteiger charge is 2.23. The number of rotatable bonds is 5. The normalized spacial score (nSPS) is 11.9. The van der Waals surface area contributed by atoms with Crippen LogP contribution in [0.25, 0.3) is 11.0 Å². The van der Waals surface area contributed by atoms with Crippen LogP contribution in [0.1, 0.15) is 28.2 Å². The van der Waals surface area contributed by atoms with Crippen LogP contribution in [-0.2, 0) is 7.05 Å². The number of anilines is 1. The number of aromatic nitrogens is 3. The number of nitrogens with zero attached hydrogens (tertiary/aromatic N) is 3. The van der Waals surface area contributed by atoms with Gasteiger partial charge in [0.05, 0.1) is 11.6 Å². The van der Waals surface area contributed by atoms with E-state index in [1.54, 1.807) is 33.9 Å². The molecule has 0 fully saturated rings. The summed E-state index contributed by atoms with van der Waals surface area (Å²) in [6.07, 6.45) is 1.54. The standard InChI is InChI=1S/C19H21FN4O3.CH4.ClH/c1-11(19(2,3)26)22-18-21-10-12-9-15(17(25)24(4)16(12)23-18)27-14-8-6-5-7-13(14)20;;/h5-11,26H,1-4H3,(H,21,22,23);1H4;1H/t11-;;/m0../s1. The van der Waals surface area contributed by atoms with Crippen LogP contribution in [-0.4, -0.2) is 31.3 Å². The molecular formula is C20H26ClFN4O3. The van der Waals surface area contributed by atoms with Gasteiger partial charge in [0, 0.05) is 18.6 Å². The lowest BCUT2D eigenvalue weighted by molar-refractivity contribution is 0.0646. The highest BCUT2D eigenvalue weighted by molar-refractivity contribution is 5.85. The summed E-state index contributed by atoms with van der Waals surface area (Å²) < 4.78 is 20.6. The lowest BCUT2D eigenvalue weighted by Gasteiger charge is -2.26. The number of aliphatic hydroxyl groups is 1. The lowest BCUT2D eigenvalue weighted by atomic mass is 10.0. The molecule has 1 aromatic carbocycles. The molecule has 0 aliphatic carbocycles. The summed E-state index contributed by atoms with van der Waals surface area (Å²) in [5, 5.41) is 13.6. The predicted molar refractivity (Wildman–Crippen MR) is 115 cm³/mol. The smallest absolute Gasteiger partial charge is 0.294 e. The summed E-state index contributed by atoms with van der Waals surface area (Å²) in [6, 6.07) is 7.03. The van der Waals surface area contributed by atoms with Crippen molar-refractivity contribution in [3.63, 3.8) is 0 Å². The van der Waals surface area contributed by atoms with Gasteiger partial charge in [0.1, 0.15) is 5.65 Å². The molecule has 0 spiro atoms. The molecule has 0 aliphatic heterocycles. The number of ether oxygens (including phenoxy) is 1. The Labute approximate surface area is 175 Å². The van der Waals surface area contributed by atoms with E-state index in [-0.39, 0.29) is 43.3 Å². The van der Waals surface area contributed by atoms with E-state index >= 15 is 0 Å². The molecule has 3 aromatic rings. The Bertz CT molecular complexity index is 1050. The van der Waals surface area contributed by atoms with Crippen LogP contribution in [0.3, 0.4) is 0 Å². The monoisotopic (exact) mass is 424 g/mol. The van der Waals surface area contributed by atoms with Gasteiger partial charge in [-0.1, -0.05) is 19.6 Å². The van der Waals surface area contributed by atoms with Gasteiger partial charge in [-0.25, -0.2) is 9.37 Å². The van der Waals surface area contributed by atoms with Gasteiger partial charge in [0.15, 0.2) is 17.3 Å². The first kappa shape index (κ1) is 24.3. The molecule has 0 radical (unpaired) electrons. The Morgan fingerprint density at radius 1 is 1.28 bits per heavy atom. The Balaban J connectivity index is 0.00000210. The summed E-state index contributed by atoms with van der Waals surface area (Å²) in [6.45, 7) is 5.15. The molecular weight excluding hydrogens is 399 g/mol. The fraction of sp³-hybridized carbons (Fsp3) is 0.350. The maximum absolute atomic E-state index is 13.8. The molecule has 0 aliphatic rings. The third kappa shape index (κ3) is 5.21. The zero-order valence-corrected chi connectivity index (χ0v) is 16.7. The first-order chi connectivity index (χ1) is 12.7. The van der Waals surface area contributed by atoms with E-state index in [1.165, 1.54) is 35.0 Å². The van der Waals surface area contributed by atoms with Gasteiger partial charge in [0.25, 0.3) is 5.56 Å². The lowest BCUT2D eigenvalue weighted by Crippen LogP contribution is -2.39. The first-order valence-corrected chi connectivity index (χ1v) is 8.45. The van der Waals surface area contributed by atoms with Crippen LogP contribution < -0.4 is 15.6 Å². The Morgan fingerprint density at radius 3 is 2.55 bits per heavy atom. The number of aryl methyl sites for hydroxylation is 1. The minimum atomic E-state index is -0.971. The molecule has 0 bridgehead atoms. The third-order valence-electron chi connectivity index (χ3n) is 4.38. The zero-order valence-electron chi connectivity index (χ0n) is 15.9. The molecule has 0 saturated heterocycles. The molecule has 2 aromatic heterocycles. The van der Waals surface area contributed by atoms with E-state index in [1.807, 2.05) is 0 Å². The van der Waals surface area contributed by atoms with Crippen LogP contribution in [0.4, 0.5) is 10.3 Å². The Kier molecular flexibility index (Phi) is 7.71. The molecule has 2 N–H and O–H groups in total. The summed E-state index contributed by atoms with van der Waals surface area (Å²) in [5.74, 6) is -0.331. The molecule has 3 rings (SSSR count). The van der Waals surface area contributed by atoms with E-state index in [9.17, 15) is 14.3 Å². The summed E-state index contributed by atoms with van der Waals surface area (Å²) in [5.41, 5.74) is -1.03. The largest absolute Gasteiger partial charge is 0.448 e. The molecule has 0 saturated carbocycles. The van der Waals surface area contributed by atoms with Crippen molar-refractivity contribution >= 4 is 29.4 Å². The van der Waals surface area contributed by atoms with Crippen molar-refractivity contribution in [2.75, 3.05) is 5.32 Å². The van der Waals surface area contributed by atoms with Crippen molar-refractivity contribution in [3.8, 4) is 11.5 Å². The van der Waals surface area contributed by atoms with Crippen LogP contribution in [0.2, 0.25) is 0 Å². The van der Waals surface area contributed by atoms with Gasteiger partial charge in [-0.3, -0.25) is 9.36 Å². The van der Waals surface area contributed by atoms with Crippen molar-refractivity contribution < 1.29 is 14.2 Å². The minimum absolute atomic E-state index is 0. The van der Waals surface area contributed by atoms with Crippen LogP contribution in [0, 0.1) is 5.82 Å². The number of para-hydroxylation sites is 1. The fourth-order valence-corrected chi connectivity index (χ4v) is 2.38. The van der Waals surface area contributed by atoms with Crippen molar-refractivity contribution in [2.45, 2.75) is 39.8 Å². The summed E-state index contributed by atoms with van der Waals surface area (Å²) >= 11 is 0. The van der Waals surface area contributed by atoms with Gasteiger partial charge in [0.2, 0.25) is 5.95 Å². The van der Waals surface area contributed by atoms with Crippen LogP contribution in [0.15, 0.2) is 41.3 Å². The molecule has 7 nitrogen and oxygen atoms in total. The third-order valence-corrected chi connectivity index (χ3v) is 4.38. The SMILES string of the molecule is C.C[C@H](Nc1ncc2cc(Oc3ccccc3F)c(=O)n(C)c2n1)C(C)(C)O.Cl. The Morgan fingerprint density at radius 2 is 1.93 bits per heavy atom. The Hall–Kier alpha value is -2.71. The van der Waals surface area contributed by atoms with Gasteiger partial charge in [-0.05, 0) is 39.0 Å². The number of nitrogens with one attached hydrogen (secondary N) is 1. The number of hydrogen-bond donors (Lipinski definition) is 2. The number of benzene rings is 1. The quantitative estimate of drug-likeness (QED) is 0.645. The molecule has 2 heterocycles. The number of hydrogen-bond acceptors (Lipinski definition) is 6. The number of halogens is 2. The fourth-order valence-electron chi connectivity index (χ4n) is 2.38. The second kappa shape index (κ2) is 9.19. The number of fused-ring (bicyclic) bond motifs is 1. The molecule has 158 valence electrons. The maximum Gasteiger partial charge on any atom is 0.294 e. The maximum atomic E-state index is 13.8. The van der Waals surface area contributed by atoms with Gasteiger partial charge in [-0.15, -0.1) is 12.4 Å². The van der Waals surface area contributed by atoms with E-state index in [2.05, 4.69) is 15.3 Å². The summed E-state index contributed by atoms with van der Waals surface area (Å²) in [4.78, 5) is 21.2. The van der Waals surface area contributed by atoms with Crippen molar-refractivity contribution in [2.24, 2.45) is 7.05 Å². The van der Waals surface area contributed by atoms with E-state index in [0.29, 0.717) is 11.0 Å². The highest BCUT2D eigenvalue weighted by atomic mass is 35.5. The minimum Gasteiger partial charge on any atom is -0.448 e. The zero-order chi connectivity index (χ0) is 19.8. The van der Waals surface area contributed by atoms with E-state index in [0.717, 1.165) is 0 Å². The van der Waals surface area contributed by atoms with Crippen molar-refractivity contribution in [1.82, 2.24) is 14.5 Å². The number of pyridine rings is 1. The molecule has 1 atom stereocenters. The average molecular weight is 425 g/mol. The van der Waals surface area contributed by atoms with Crippen LogP contribution >= 0.6 is 12.4 Å².